The summed E-state index contributed by atoms with van der Waals surface area (Å²) in [6.07, 6.45) is 5.65. The summed E-state index contributed by atoms with van der Waals surface area (Å²) in [4.78, 5) is 14.9. The average molecular weight is 310 g/mol. The van der Waals surface area contributed by atoms with E-state index in [1.54, 1.807) is 13.2 Å². The highest BCUT2D eigenvalue weighted by atomic mass is 79.9. The van der Waals surface area contributed by atoms with Crippen LogP contribution < -0.4 is 4.74 Å². The van der Waals surface area contributed by atoms with Gasteiger partial charge < -0.3 is 4.74 Å². The summed E-state index contributed by atoms with van der Waals surface area (Å²) in [7, 11) is 1.66. The van der Waals surface area contributed by atoms with E-state index in [2.05, 4.69) is 20.9 Å². The monoisotopic (exact) mass is 309 g/mol. The number of hydrogen-bond acceptors (Lipinski definition) is 3. The minimum atomic E-state index is -0.460. The molecule has 0 aromatic heterocycles. The minimum absolute atomic E-state index is 0.460. The second-order valence-corrected chi connectivity index (χ2v) is 5.57. The maximum atomic E-state index is 10.8. The molecule has 0 unspecified atom stereocenters. The van der Waals surface area contributed by atoms with E-state index in [0.717, 1.165) is 47.0 Å². The second kappa shape index (κ2) is 5.25. The molecule has 0 N–H and O–H groups in total. The zero-order chi connectivity index (χ0) is 13.2. The molecule has 18 heavy (non-hydrogen) atoms. The third-order valence-electron chi connectivity index (χ3n) is 3.66. The van der Waals surface area contributed by atoms with Crippen LogP contribution >= 0.6 is 15.9 Å². The van der Waals surface area contributed by atoms with Crippen LogP contribution in [0.5, 0.6) is 5.75 Å². The van der Waals surface area contributed by atoms with Gasteiger partial charge in [0.15, 0.2) is 0 Å². The summed E-state index contributed by atoms with van der Waals surface area (Å²) < 4.78 is 6.47. The molecular formula is C14H16BrNO2. The van der Waals surface area contributed by atoms with E-state index in [-0.39, 0.29) is 0 Å². The lowest BCUT2D eigenvalue weighted by molar-refractivity contribution is 0.375. The lowest BCUT2D eigenvalue weighted by Gasteiger charge is -2.27. The fourth-order valence-corrected chi connectivity index (χ4v) is 3.51. The number of carbonyl (C=O) groups excluding carboxylic acids is 1. The normalized spacial score (nSPS) is 17.3. The number of isocyanates is 1. The van der Waals surface area contributed by atoms with Crippen LogP contribution in [0.15, 0.2) is 21.6 Å². The van der Waals surface area contributed by atoms with E-state index in [0.29, 0.717) is 0 Å². The van der Waals surface area contributed by atoms with Crippen molar-refractivity contribution in [3.05, 3.63) is 27.7 Å². The van der Waals surface area contributed by atoms with Crippen molar-refractivity contribution in [2.24, 2.45) is 4.99 Å². The quantitative estimate of drug-likeness (QED) is 0.628. The largest absolute Gasteiger partial charge is 0.496 e. The molecule has 3 nitrogen and oxygen atoms in total. The molecule has 0 atom stereocenters. The maximum Gasteiger partial charge on any atom is 0.235 e. The van der Waals surface area contributed by atoms with Crippen molar-refractivity contribution >= 4 is 22.0 Å². The van der Waals surface area contributed by atoms with Gasteiger partial charge in [-0.05, 0) is 31.4 Å². The van der Waals surface area contributed by atoms with E-state index < -0.39 is 5.54 Å². The Morgan fingerprint density at radius 1 is 1.39 bits per heavy atom. The van der Waals surface area contributed by atoms with Crippen LogP contribution in [0.2, 0.25) is 0 Å². The Kier molecular flexibility index (Phi) is 3.88. The van der Waals surface area contributed by atoms with Gasteiger partial charge in [-0.25, -0.2) is 4.79 Å². The summed E-state index contributed by atoms with van der Waals surface area (Å²) in [5.74, 6) is 0.824. The third-order valence-corrected chi connectivity index (χ3v) is 4.32. The molecule has 4 heteroatoms. The molecule has 1 aromatic rings. The van der Waals surface area contributed by atoms with Crippen LogP contribution in [0, 0.1) is 6.92 Å². The molecule has 1 aliphatic carbocycles. The van der Waals surface area contributed by atoms with Crippen molar-refractivity contribution in [3.8, 4) is 5.75 Å². The number of hydrogen-bond donors (Lipinski definition) is 0. The Morgan fingerprint density at radius 3 is 2.61 bits per heavy atom. The Labute approximate surface area is 115 Å². The first-order valence-corrected chi connectivity index (χ1v) is 6.86. The van der Waals surface area contributed by atoms with Crippen LogP contribution in [-0.2, 0) is 10.3 Å². The van der Waals surface area contributed by atoms with E-state index in [1.807, 2.05) is 19.1 Å². The molecule has 1 fully saturated rings. The highest BCUT2D eigenvalue weighted by Gasteiger charge is 2.40. The lowest BCUT2D eigenvalue weighted by Crippen LogP contribution is -2.21. The number of halogens is 1. The highest BCUT2D eigenvalue weighted by molar-refractivity contribution is 9.10. The summed E-state index contributed by atoms with van der Waals surface area (Å²) >= 11 is 3.57. The highest BCUT2D eigenvalue weighted by Crippen LogP contribution is 2.49. The molecule has 0 radical (unpaired) electrons. The number of rotatable bonds is 3. The van der Waals surface area contributed by atoms with Crippen molar-refractivity contribution in [1.82, 2.24) is 0 Å². The van der Waals surface area contributed by atoms with E-state index in [1.165, 1.54) is 0 Å². The molecule has 0 bridgehead atoms. The molecule has 2 rings (SSSR count). The summed E-state index contributed by atoms with van der Waals surface area (Å²) in [5.41, 5.74) is 1.59. The van der Waals surface area contributed by atoms with E-state index >= 15 is 0 Å². The molecule has 0 aliphatic heterocycles. The van der Waals surface area contributed by atoms with Crippen molar-refractivity contribution in [1.29, 1.82) is 0 Å². The topological polar surface area (TPSA) is 38.7 Å². The van der Waals surface area contributed by atoms with Gasteiger partial charge in [-0.1, -0.05) is 34.8 Å². The predicted octanol–water partition coefficient (Wildman–Crippen LogP) is 3.87. The van der Waals surface area contributed by atoms with Gasteiger partial charge in [0.1, 0.15) is 11.3 Å². The first kappa shape index (κ1) is 13.3. The first-order valence-electron chi connectivity index (χ1n) is 6.07. The lowest BCUT2D eigenvalue weighted by atomic mass is 9.87. The Hall–Kier alpha value is -1.12. The van der Waals surface area contributed by atoms with Gasteiger partial charge in [-0.15, -0.1) is 0 Å². The molecule has 1 saturated carbocycles. The molecule has 0 heterocycles. The van der Waals surface area contributed by atoms with Gasteiger partial charge in [-0.2, -0.15) is 4.99 Å². The Balaban J connectivity index is 2.68. The van der Waals surface area contributed by atoms with Gasteiger partial charge in [0, 0.05) is 10.0 Å². The van der Waals surface area contributed by atoms with Crippen molar-refractivity contribution in [3.63, 3.8) is 0 Å². The van der Waals surface area contributed by atoms with Crippen molar-refractivity contribution in [2.45, 2.75) is 38.1 Å². The third kappa shape index (κ3) is 2.11. The van der Waals surface area contributed by atoms with Crippen molar-refractivity contribution in [2.75, 3.05) is 7.11 Å². The standard InChI is InChI=1S/C14H16BrNO2/c1-10-5-6-11(15)12(13(10)18-2)14(16-9-17)7-3-4-8-14/h5-6H,3-4,7-8H2,1-2H3. The zero-order valence-corrected chi connectivity index (χ0v) is 12.2. The summed E-state index contributed by atoms with van der Waals surface area (Å²) in [5, 5.41) is 0. The summed E-state index contributed by atoms with van der Waals surface area (Å²) in [6.45, 7) is 2.00. The number of aliphatic imine (C=N–C) groups is 1. The smallest absolute Gasteiger partial charge is 0.235 e. The predicted molar refractivity (Wildman–Crippen MR) is 73.7 cm³/mol. The van der Waals surface area contributed by atoms with Crippen LogP contribution in [-0.4, -0.2) is 13.2 Å². The molecule has 1 aliphatic rings. The maximum absolute atomic E-state index is 10.8. The summed E-state index contributed by atoms with van der Waals surface area (Å²) in [6, 6.07) is 3.99. The molecule has 96 valence electrons. The molecular weight excluding hydrogens is 294 g/mol. The number of ether oxygens (including phenoxy) is 1. The van der Waals surface area contributed by atoms with Crippen LogP contribution in [0.4, 0.5) is 0 Å². The molecule has 0 amide bonds. The zero-order valence-electron chi connectivity index (χ0n) is 10.6. The number of aryl methyl sites for hydroxylation is 1. The SMILES string of the molecule is COc1c(C)ccc(Br)c1C1(N=C=O)CCCC1. The van der Waals surface area contributed by atoms with Crippen LogP contribution in [0.3, 0.4) is 0 Å². The van der Waals surface area contributed by atoms with E-state index in [4.69, 9.17) is 4.74 Å². The van der Waals surface area contributed by atoms with Gasteiger partial charge in [0.25, 0.3) is 0 Å². The van der Waals surface area contributed by atoms with Gasteiger partial charge in [-0.3, -0.25) is 0 Å². The number of nitrogens with zero attached hydrogens (tertiary/aromatic N) is 1. The number of benzene rings is 1. The first-order chi connectivity index (χ1) is 8.64. The van der Waals surface area contributed by atoms with Crippen LogP contribution in [0.25, 0.3) is 0 Å². The van der Waals surface area contributed by atoms with Gasteiger partial charge in [0.05, 0.1) is 7.11 Å². The number of methoxy groups -OCH3 is 1. The molecule has 0 spiro atoms. The average Bonchev–Trinajstić information content (AvgIpc) is 2.81. The molecule has 1 aromatic carbocycles. The van der Waals surface area contributed by atoms with Gasteiger partial charge in [0.2, 0.25) is 6.08 Å². The Morgan fingerprint density at radius 2 is 2.06 bits per heavy atom. The minimum Gasteiger partial charge on any atom is -0.496 e. The Bertz CT molecular complexity index is 501. The second-order valence-electron chi connectivity index (χ2n) is 4.71. The van der Waals surface area contributed by atoms with Crippen molar-refractivity contribution < 1.29 is 9.53 Å². The molecule has 0 saturated heterocycles. The fraction of sp³-hybridized carbons (Fsp3) is 0.500. The van der Waals surface area contributed by atoms with E-state index in [9.17, 15) is 4.79 Å². The van der Waals surface area contributed by atoms with Crippen LogP contribution in [0.1, 0.15) is 36.8 Å². The fourth-order valence-electron chi connectivity index (χ4n) is 2.82. The van der Waals surface area contributed by atoms with Gasteiger partial charge >= 0.3 is 0 Å².